The highest BCUT2D eigenvalue weighted by Crippen LogP contribution is 2.27. The average Bonchev–Trinajstić information content (AvgIpc) is 3.61. The lowest BCUT2D eigenvalue weighted by atomic mass is 10.1. The van der Waals surface area contributed by atoms with Gasteiger partial charge in [-0.1, -0.05) is 48.2 Å². The van der Waals surface area contributed by atoms with Crippen molar-refractivity contribution in [2.75, 3.05) is 13.1 Å². The van der Waals surface area contributed by atoms with E-state index in [2.05, 4.69) is 44.4 Å². The molecule has 162 valence electrons. The van der Waals surface area contributed by atoms with E-state index in [9.17, 15) is 4.79 Å². The molecule has 0 atom stereocenters. The van der Waals surface area contributed by atoms with E-state index in [-0.39, 0.29) is 5.91 Å². The van der Waals surface area contributed by atoms with E-state index in [0.717, 1.165) is 65.9 Å². The van der Waals surface area contributed by atoms with Crippen LogP contribution in [0.25, 0.3) is 5.69 Å². The number of carbonyl (C=O) groups is 1. The van der Waals surface area contributed by atoms with Crippen LogP contribution in [0.3, 0.4) is 0 Å². The van der Waals surface area contributed by atoms with E-state index in [1.165, 1.54) is 4.88 Å². The fourth-order valence-electron chi connectivity index (χ4n) is 3.91. The van der Waals surface area contributed by atoms with Gasteiger partial charge in [0.2, 0.25) is 0 Å². The van der Waals surface area contributed by atoms with Crippen molar-refractivity contribution in [3.05, 3.63) is 93.9 Å². The summed E-state index contributed by atoms with van der Waals surface area (Å²) in [5.74, 6) is 1.85. The minimum atomic E-state index is 0.142. The summed E-state index contributed by atoms with van der Waals surface area (Å²) in [7, 11) is 0. The third-order valence-electron chi connectivity index (χ3n) is 5.59. The maximum Gasteiger partial charge on any atom is 0.253 e. The second-order valence-corrected chi connectivity index (χ2v) is 9.79. The lowest BCUT2D eigenvalue weighted by Crippen LogP contribution is -2.27. The number of carbonyl (C=O) groups excluding carboxylic acids is 1. The van der Waals surface area contributed by atoms with Crippen LogP contribution in [-0.4, -0.2) is 38.7 Å². The molecule has 0 bridgehead atoms. The molecule has 2 aromatic carbocycles. The van der Waals surface area contributed by atoms with Crippen LogP contribution in [0.4, 0.5) is 0 Å². The van der Waals surface area contributed by atoms with E-state index in [4.69, 9.17) is 0 Å². The number of para-hydroxylation sites is 1. The van der Waals surface area contributed by atoms with Crippen molar-refractivity contribution in [1.29, 1.82) is 0 Å². The van der Waals surface area contributed by atoms with Gasteiger partial charge in [-0.05, 0) is 54.1 Å². The van der Waals surface area contributed by atoms with Gasteiger partial charge < -0.3 is 4.90 Å². The summed E-state index contributed by atoms with van der Waals surface area (Å²) in [6.45, 7) is 1.75. The third-order valence-corrected chi connectivity index (χ3v) is 7.47. The molecule has 0 aliphatic carbocycles. The van der Waals surface area contributed by atoms with Crippen molar-refractivity contribution in [2.24, 2.45) is 0 Å². The summed E-state index contributed by atoms with van der Waals surface area (Å²) in [6, 6.07) is 22.4. The molecule has 0 unspecified atom stereocenters. The zero-order chi connectivity index (χ0) is 21.8. The highest BCUT2D eigenvalue weighted by Gasteiger charge is 2.19. The van der Waals surface area contributed by atoms with Crippen LogP contribution in [0.1, 0.15) is 39.5 Å². The topological polar surface area (TPSA) is 51.0 Å². The van der Waals surface area contributed by atoms with Gasteiger partial charge in [0.15, 0.2) is 5.16 Å². The molecule has 1 saturated heterocycles. The maximum absolute atomic E-state index is 12.6. The Morgan fingerprint density at radius 2 is 1.72 bits per heavy atom. The first-order chi connectivity index (χ1) is 15.8. The highest BCUT2D eigenvalue weighted by molar-refractivity contribution is 7.98. The number of nitrogens with zero attached hydrogens (tertiary/aromatic N) is 4. The van der Waals surface area contributed by atoms with Gasteiger partial charge in [-0.2, -0.15) is 0 Å². The number of thiophene rings is 1. The fraction of sp³-hybridized carbons (Fsp3) is 0.240. The monoisotopic (exact) mass is 460 g/mol. The molecule has 1 aliphatic heterocycles. The van der Waals surface area contributed by atoms with Crippen LogP contribution in [0.15, 0.2) is 77.3 Å². The van der Waals surface area contributed by atoms with Gasteiger partial charge in [-0.15, -0.1) is 21.5 Å². The van der Waals surface area contributed by atoms with Gasteiger partial charge in [0.25, 0.3) is 5.91 Å². The Balaban J connectivity index is 1.33. The van der Waals surface area contributed by atoms with Gasteiger partial charge in [0.05, 0.1) is 0 Å². The third kappa shape index (κ3) is 4.64. The number of hydrogen-bond donors (Lipinski definition) is 0. The van der Waals surface area contributed by atoms with E-state index in [0.29, 0.717) is 0 Å². The van der Waals surface area contributed by atoms with Crippen LogP contribution in [0.2, 0.25) is 0 Å². The number of thioether (sulfide) groups is 1. The van der Waals surface area contributed by atoms with E-state index in [1.54, 1.807) is 23.1 Å². The molecular weight excluding hydrogens is 436 g/mol. The Kier molecular flexibility index (Phi) is 6.36. The Hall–Kier alpha value is -2.90. The Morgan fingerprint density at radius 1 is 0.938 bits per heavy atom. The van der Waals surface area contributed by atoms with Crippen LogP contribution in [0.5, 0.6) is 0 Å². The number of rotatable bonds is 7. The van der Waals surface area contributed by atoms with Gasteiger partial charge in [0, 0.05) is 41.4 Å². The zero-order valence-corrected chi connectivity index (χ0v) is 19.3. The molecule has 0 saturated carbocycles. The van der Waals surface area contributed by atoms with Crippen molar-refractivity contribution < 1.29 is 4.79 Å². The smallest absolute Gasteiger partial charge is 0.253 e. The van der Waals surface area contributed by atoms with Crippen LogP contribution >= 0.6 is 23.1 Å². The zero-order valence-electron chi connectivity index (χ0n) is 17.7. The summed E-state index contributed by atoms with van der Waals surface area (Å²) < 4.78 is 2.15. The number of benzene rings is 2. The summed E-state index contributed by atoms with van der Waals surface area (Å²) in [4.78, 5) is 15.8. The molecular formula is C25H24N4OS2. The van der Waals surface area contributed by atoms with Crippen LogP contribution in [-0.2, 0) is 12.2 Å². The SMILES string of the molecule is O=C(c1ccc(CSc2nnc(Cc3cccs3)n2-c2ccccc2)cc1)N1CCCC1. The molecule has 3 heterocycles. The summed E-state index contributed by atoms with van der Waals surface area (Å²) in [5.41, 5.74) is 3.00. The molecule has 1 amide bonds. The fourth-order valence-corrected chi connectivity index (χ4v) is 5.54. The Morgan fingerprint density at radius 3 is 2.44 bits per heavy atom. The normalized spacial score (nSPS) is 13.6. The van der Waals surface area contributed by atoms with Crippen LogP contribution < -0.4 is 0 Å². The van der Waals surface area contributed by atoms with E-state index < -0.39 is 0 Å². The Labute approximate surface area is 196 Å². The molecule has 0 N–H and O–H groups in total. The number of amides is 1. The van der Waals surface area contributed by atoms with E-state index >= 15 is 0 Å². The molecule has 0 spiro atoms. The minimum Gasteiger partial charge on any atom is -0.339 e. The predicted octanol–water partition coefficient (Wildman–Crippen LogP) is 5.45. The number of aromatic nitrogens is 3. The first kappa shape index (κ1) is 21.0. The first-order valence-corrected chi connectivity index (χ1v) is 12.7. The lowest BCUT2D eigenvalue weighted by Gasteiger charge is -2.15. The molecule has 4 aromatic rings. The van der Waals surface area contributed by atoms with Crippen molar-refractivity contribution in [3.63, 3.8) is 0 Å². The highest BCUT2D eigenvalue weighted by atomic mass is 32.2. The lowest BCUT2D eigenvalue weighted by molar-refractivity contribution is 0.0793. The number of hydrogen-bond acceptors (Lipinski definition) is 5. The maximum atomic E-state index is 12.6. The summed E-state index contributed by atoms with van der Waals surface area (Å²) in [5, 5.41) is 12.0. The Bertz CT molecular complexity index is 1160. The minimum absolute atomic E-state index is 0.142. The van der Waals surface area contributed by atoms with Crippen molar-refractivity contribution in [3.8, 4) is 5.69 Å². The standard InChI is InChI=1S/C25H24N4OS2/c30-24(28-14-4-5-15-28)20-12-10-19(11-13-20)18-32-25-27-26-23(17-22-9-6-16-31-22)29(25)21-7-2-1-3-8-21/h1-3,6-13,16H,4-5,14-15,17-18H2. The second kappa shape index (κ2) is 9.71. The van der Waals surface area contributed by atoms with Gasteiger partial charge in [0.1, 0.15) is 5.82 Å². The van der Waals surface area contributed by atoms with Crippen LogP contribution in [0, 0.1) is 0 Å². The summed E-state index contributed by atoms with van der Waals surface area (Å²) >= 11 is 3.40. The van der Waals surface area contributed by atoms with E-state index in [1.807, 2.05) is 47.4 Å². The quantitative estimate of drug-likeness (QED) is 0.344. The molecule has 1 fully saturated rings. The van der Waals surface area contributed by atoms with Gasteiger partial charge in [-0.3, -0.25) is 9.36 Å². The first-order valence-electron chi connectivity index (χ1n) is 10.8. The molecule has 2 aromatic heterocycles. The molecule has 32 heavy (non-hydrogen) atoms. The number of likely N-dealkylation sites (tertiary alicyclic amines) is 1. The molecule has 0 radical (unpaired) electrons. The van der Waals surface area contributed by atoms with Gasteiger partial charge >= 0.3 is 0 Å². The molecule has 5 nitrogen and oxygen atoms in total. The van der Waals surface area contributed by atoms with Gasteiger partial charge in [-0.25, -0.2) is 0 Å². The molecule has 7 heteroatoms. The average molecular weight is 461 g/mol. The molecule has 1 aliphatic rings. The molecule has 5 rings (SSSR count). The predicted molar refractivity (Wildman–Crippen MR) is 130 cm³/mol. The van der Waals surface area contributed by atoms with Crippen molar-refractivity contribution in [2.45, 2.75) is 30.2 Å². The summed E-state index contributed by atoms with van der Waals surface area (Å²) in [6.07, 6.45) is 2.97. The second-order valence-electron chi connectivity index (χ2n) is 7.81. The largest absolute Gasteiger partial charge is 0.339 e. The van der Waals surface area contributed by atoms with Crippen molar-refractivity contribution >= 4 is 29.0 Å². The van der Waals surface area contributed by atoms with Crippen molar-refractivity contribution in [1.82, 2.24) is 19.7 Å².